The fourth-order valence-electron chi connectivity index (χ4n) is 1.68. The number of hydrogen-bond acceptors (Lipinski definition) is 3. The minimum Gasteiger partial charge on any atom is -0.493 e. The van der Waals surface area contributed by atoms with Crippen molar-refractivity contribution in [2.24, 2.45) is 0 Å². The van der Waals surface area contributed by atoms with Gasteiger partial charge in [-0.05, 0) is 30.5 Å². The third-order valence-corrected chi connectivity index (χ3v) is 2.64. The van der Waals surface area contributed by atoms with Crippen LogP contribution < -0.4 is 14.2 Å². The van der Waals surface area contributed by atoms with Crippen molar-refractivity contribution >= 4 is 0 Å². The number of ether oxygens (including phenoxy) is 3. The molecule has 18 heavy (non-hydrogen) atoms. The molecule has 0 aliphatic rings. The van der Waals surface area contributed by atoms with E-state index in [2.05, 4.69) is 13.5 Å². The van der Waals surface area contributed by atoms with Crippen LogP contribution in [0.1, 0.15) is 25.3 Å². The summed E-state index contributed by atoms with van der Waals surface area (Å²) in [5.74, 6) is 2.10. The maximum absolute atomic E-state index is 5.75. The maximum Gasteiger partial charge on any atom is 0.203 e. The lowest BCUT2D eigenvalue weighted by molar-refractivity contribution is 0.269. The van der Waals surface area contributed by atoms with Crippen molar-refractivity contribution in [3.8, 4) is 17.2 Å². The largest absolute Gasteiger partial charge is 0.493 e. The molecule has 1 rings (SSSR count). The van der Waals surface area contributed by atoms with Gasteiger partial charge in [0.15, 0.2) is 11.5 Å². The average Bonchev–Trinajstić information content (AvgIpc) is 2.40. The van der Waals surface area contributed by atoms with Gasteiger partial charge in [-0.2, -0.15) is 0 Å². The Bertz CT molecular complexity index is 360. The Kier molecular flexibility index (Phi) is 6.12. The fraction of sp³-hybridized carbons (Fsp3) is 0.467. The summed E-state index contributed by atoms with van der Waals surface area (Å²) in [7, 11) is 3.28. The van der Waals surface area contributed by atoms with Gasteiger partial charge in [-0.3, -0.25) is 0 Å². The lowest BCUT2D eigenvalue weighted by atomic mass is 10.1. The van der Waals surface area contributed by atoms with E-state index in [1.807, 2.05) is 18.2 Å². The summed E-state index contributed by atoms with van der Waals surface area (Å²) in [4.78, 5) is 0. The van der Waals surface area contributed by atoms with E-state index in [1.54, 1.807) is 14.2 Å². The predicted molar refractivity (Wildman–Crippen MR) is 73.9 cm³/mol. The highest BCUT2D eigenvalue weighted by atomic mass is 16.5. The van der Waals surface area contributed by atoms with E-state index in [4.69, 9.17) is 14.2 Å². The second kappa shape index (κ2) is 7.64. The number of methoxy groups -OCH3 is 2. The standard InChI is InChI=1S/C15H22O3/c1-5-7-9-18-15-13(16-3)10-12(8-6-2)11-14(15)17-4/h6,10-11H,2,5,7-9H2,1,3-4H3. The van der Waals surface area contributed by atoms with Gasteiger partial charge in [-0.1, -0.05) is 19.4 Å². The highest BCUT2D eigenvalue weighted by Gasteiger charge is 2.13. The third-order valence-electron chi connectivity index (χ3n) is 2.64. The van der Waals surface area contributed by atoms with Gasteiger partial charge in [0.25, 0.3) is 0 Å². The average molecular weight is 250 g/mol. The summed E-state index contributed by atoms with van der Waals surface area (Å²) in [5, 5.41) is 0. The predicted octanol–water partition coefficient (Wildman–Crippen LogP) is 3.61. The first-order valence-electron chi connectivity index (χ1n) is 6.25. The van der Waals surface area contributed by atoms with Gasteiger partial charge < -0.3 is 14.2 Å². The van der Waals surface area contributed by atoms with Crippen LogP contribution in [0.2, 0.25) is 0 Å². The van der Waals surface area contributed by atoms with Crippen molar-refractivity contribution in [2.75, 3.05) is 20.8 Å². The summed E-state index contributed by atoms with van der Waals surface area (Å²) < 4.78 is 16.5. The summed E-state index contributed by atoms with van der Waals surface area (Å²) in [6, 6.07) is 3.93. The molecule has 0 spiro atoms. The van der Waals surface area contributed by atoms with Crippen molar-refractivity contribution in [3.63, 3.8) is 0 Å². The van der Waals surface area contributed by atoms with Gasteiger partial charge in [0.1, 0.15) is 0 Å². The Morgan fingerprint density at radius 1 is 1.17 bits per heavy atom. The molecule has 1 aromatic rings. The van der Waals surface area contributed by atoms with E-state index < -0.39 is 0 Å². The molecule has 1 aromatic carbocycles. The van der Waals surface area contributed by atoms with Gasteiger partial charge >= 0.3 is 0 Å². The number of benzene rings is 1. The molecule has 0 amide bonds. The van der Waals surface area contributed by atoms with Crippen LogP contribution in [0.3, 0.4) is 0 Å². The lowest BCUT2D eigenvalue weighted by Crippen LogP contribution is -2.02. The summed E-state index contributed by atoms with van der Waals surface area (Å²) in [6.07, 6.45) is 4.74. The van der Waals surface area contributed by atoms with Crippen LogP contribution in [-0.2, 0) is 6.42 Å². The van der Waals surface area contributed by atoms with Crippen molar-refractivity contribution in [3.05, 3.63) is 30.4 Å². The molecule has 0 radical (unpaired) electrons. The van der Waals surface area contributed by atoms with E-state index in [9.17, 15) is 0 Å². The topological polar surface area (TPSA) is 27.7 Å². The molecule has 0 saturated carbocycles. The molecule has 0 unspecified atom stereocenters. The van der Waals surface area contributed by atoms with Crippen LogP contribution in [0, 0.1) is 0 Å². The zero-order valence-corrected chi connectivity index (χ0v) is 11.5. The minimum atomic E-state index is 0.671. The van der Waals surface area contributed by atoms with E-state index in [-0.39, 0.29) is 0 Å². The molecule has 0 N–H and O–H groups in total. The molecule has 0 fully saturated rings. The number of allylic oxidation sites excluding steroid dienone is 1. The van der Waals surface area contributed by atoms with Crippen LogP contribution in [0.4, 0.5) is 0 Å². The Morgan fingerprint density at radius 3 is 2.22 bits per heavy atom. The van der Waals surface area contributed by atoms with Crippen molar-refractivity contribution in [1.82, 2.24) is 0 Å². The first-order chi connectivity index (χ1) is 8.76. The summed E-state index contributed by atoms with van der Waals surface area (Å²) >= 11 is 0. The molecule has 0 saturated heterocycles. The van der Waals surface area contributed by atoms with E-state index >= 15 is 0 Å². The summed E-state index contributed by atoms with van der Waals surface area (Å²) in [6.45, 7) is 6.54. The van der Waals surface area contributed by atoms with Crippen LogP contribution >= 0.6 is 0 Å². The Labute approximate surface area is 109 Å². The SMILES string of the molecule is C=CCc1cc(OC)c(OCCCC)c(OC)c1. The van der Waals surface area contributed by atoms with Crippen LogP contribution in [0.25, 0.3) is 0 Å². The number of hydrogen-bond donors (Lipinski definition) is 0. The Balaban J connectivity index is 3.00. The molecule has 0 heterocycles. The fourth-order valence-corrected chi connectivity index (χ4v) is 1.68. The number of unbranched alkanes of at least 4 members (excludes halogenated alkanes) is 1. The molecule has 3 nitrogen and oxygen atoms in total. The molecular formula is C15H22O3. The van der Waals surface area contributed by atoms with E-state index in [0.717, 1.165) is 24.8 Å². The van der Waals surface area contributed by atoms with Gasteiger partial charge in [-0.25, -0.2) is 0 Å². The molecule has 3 heteroatoms. The molecule has 0 aliphatic heterocycles. The third kappa shape index (κ3) is 3.69. The molecule has 0 bridgehead atoms. The Morgan fingerprint density at radius 2 is 1.78 bits per heavy atom. The Hall–Kier alpha value is -1.64. The molecule has 100 valence electrons. The molecule has 0 aliphatic carbocycles. The van der Waals surface area contributed by atoms with Gasteiger partial charge in [-0.15, -0.1) is 6.58 Å². The monoisotopic (exact) mass is 250 g/mol. The quantitative estimate of drug-likeness (QED) is 0.521. The normalized spacial score (nSPS) is 9.94. The minimum absolute atomic E-state index is 0.671. The highest BCUT2D eigenvalue weighted by Crippen LogP contribution is 2.38. The van der Waals surface area contributed by atoms with Gasteiger partial charge in [0.05, 0.1) is 20.8 Å². The number of rotatable bonds is 8. The summed E-state index contributed by atoms with van der Waals surface area (Å²) in [5.41, 5.74) is 1.10. The van der Waals surface area contributed by atoms with Crippen molar-refractivity contribution in [2.45, 2.75) is 26.2 Å². The second-order valence-electron chi connectivity index (χ2n) is 4.02. The van der Waals surface area contributed by atoms with E-state index in [0.29, 0.717) is 23.9 Å². The van der Waals surface area contributed by atoms with Crippen LogP contribution in [0.15, 0.2) is 24.8 Å². The molecular weight excluding hydrogens is 228 g/mol. The van der Waals surface area contributed by atoms with E-state index in [1.165, 1.54) is 0 Å². The highest BCUT2D eigenvalue weighted by molar-refractivity contribution is 5.54. The van der Waals surface area contributed by atoms with Gasteiger partial charge in [0, 0.05) is 0 Å². The maximum atomic E-state index is 5.75. The van der Waals surface area contributed by atoms with Crippen LogP contribution in [-0.4, -0.2) is 20.8 Å². The molecule has 0 atom stereocenters. The van der Waals surface area contributed by atoms with Crippen LogP contribution in [0.5, 0.6) is 17.2 Å². The van der Waals surface area contributed by atoms with Gasteiger partial charge in [0.2, 0.25) is 5.75 Å². The molecule has 0 aromatic heterocycles. The zero-order valence-electron chi connectivity index (χ0n) is 11.5. The first kappa shape index (κ1) is 14.4. The lowest BCUT2D eigenvalue weighted by Gasteiger charge is -2.15. The smallest absolute Gasteiger partial charge is 0.203 e. The zero-order chi connectivity index (χ0) is 13.4. The second-order valence-corrected chi connectivity index (χ2v) is 4.02. The first-order valence-corrected chi connectivity index (χ1v) is 6.25. The van der Waals surface area contributed by atoms with Crippen molar-refractivity contribution in [1.29, 1.82) is 0 Å². The van der Waals surface area contributed by atoms with Crippen molar-refractivity contribution < 1.29 is 14.2 Å².